The molecule has 1 aromatic carbocycles. The minimum atomic E-state index is 0.597. The Morgan fingerprint density at radius 3 is 2.07 bits per heavy atom. The van der Waals surface area contributed by atoms with Crippen molar-refractivity contribution in [2.24, 2.45) is 0 Å². The molecule has 0 heterocycles. The van der Waals surface area contributed by atoms with Crippen LogP contribution in [0.15, 0.2) is 24.3 Å². The minimum absolute atomic E-state index is 0.597. The molecular formula is C12H16O3. The second-order valence-corrected chi connectivity index (χ2v) is 3.00. The molecule has 0 saturated carbocycles. The SMILES string of the molecule is COC/C=C/c1cc(OC)cc(OC)c1. The molecule has 0 saturated heterocycles. The topological polar surface area (TPSA) is 27.7 Å². The van der Waals surface area contributed by atoms with Crippen LogP contribution in [0.5, 0.6) is 11.5 Å². The first-order chi connectivity index (χ1) is 7.30. The van der Waals surface area contributed by atoms with Crippen LogP contribution in [0.3, 0.4) is 0 Å². The Bertz CT molecular complexity index is 309. The monoisotopic (exact) mass is 208 g/mol. The number of methoxy groups -OCH3 is 3. The van der Waals surface area contributed by atoms with E-state index in [0.717, 1.165) is 17.1 Å². The highest BCUT2D eigenvalue weighted by Gasteiger charge is 1.98. The summed E-state index contributed by atoms with van der Waals surface area (Å²) in [6, 6.07) is 5.72. The molecule has 82 valence electrons. The van der Waals surface area contributed by atoms with Gasteiger partial charge in [-0.25, -0.2) is 0 Å². The maximum Gasteiger partial charge on any atom is 0.123 e. The van der Waals surface area contributed by atoms with Crippen LogP contribution >= 0.6 is 0 Å². The van der Waals surface area contributed by atoms with Gasteiger partial charge < -0.3 is 14.2 Å². The van der Waals surface area contributed by atoms with Crippen LogP contribution in [0.25, 0.3) is 6.08 Å². The molecule has 3 nitrogen and oxygen atoms in total. The van der Waals surface area contributed by atoms with Crippen LogP contribution in [0.2, 0.25) is 0 Å². The lowest BCUT2D eigenvalue weighted by Gasteiger charge is -2.05. The van der Waals surface area contributed by atoms with Gasteiger partial charge in [-0.2, -0.15) is 0 Å². The Morgan fingerprint density at radius 1 is 1.00 bits per heavy atom. The van der Waals surface area contributed by atoms with Gasteiger partial charge in [-0.05, 0) is 17.7 Å². The molecule has 0 radical (unpaired) electrons. The van der Waals surface area contributed by atoms with Crippen molar-refractivity contribution in [1.82, 2.24) is 0 Å². The van der Waals surface area contributed by atoms with Crippen molar-refractivity contribution in [2.45, 2.75) is 0 Å². The molecular weight excluding hydrogens is 192 g/mol. The van der Waals surface area contributed by atoms with E-state index < -0.39 is 0 Å². The van der Waals surface area contributed by atoms with Gasteiger partial charge in [0.1, 0.15) is 11.5 Å². The molecule has 0 atom stereocenters. The van der Waals surface area contributed by atoms with E-state index in [1.165, 1.54) is 0 Å². The van der Waals surface area contributed by atoms with Gasteiger partial charge in [0, 0.05) is 13.2 Å². The molecule has 0 aliphatic rings. The van der Waals surface area contributed by atoms with Crippen molar-refractivity contribution in [3.8, 4) is 11.5 Å². The molecule has 0 aliphatic heterocycles. The lowest BCUT2D eigenvalue weighted by atomic mass is 10.2. The Hall–Kier alpha value is -1.48. The van der Waals surface area contributed by atoms with Crippen molar-refractivity contribution >= 4 is 6.08 Å². The molecule has 0 N–H and O–H groups in total. The van der Waals surface area contributed by atoms with Gasteiger partial charge in [-0.15, -0.1) is 0 Å². The summed E-state index contributed by atoms with van der Waals surface area (Å²) in [6.07, 6.45) is 3.91. The van der Waals surface area contributed by atoms with Crippen LogP contribution in [-0.2, 0) is 4.74 Å². The third-order valence-electron chi connectivity index (χ3n) is 1.95. The molecule has 1 aromatic rings. The summed E-state index contributed by atoms with van der Waals surface area (Å²) in [5.74, 6) is 1.57. The normalized spacial score (nSPS) is 10.6. The molecule has 0 amide bonds. The van der Waals surface area contributed by atoms with Crippen molar-refractivity contribution < 1.29 is 14.2 Å². The van der Waals surface area contributed by atoms with Gasteiger partial charge in [0.05, 0.1) is 20.8 Å². The highest BCUT2D eigenvalue weighted by Crippen LogP contribution is 2.23. The first-order valence-corrected chi connectivity index (χ1v) is 4.68. The van der Waals surface area contributed by atoms with E-state index in [0.29, 0.717) is 6.61 Å². The molecule has 0 spiro atoms. The average Bonchev–Trinajstić information content (AvgIpc) is 2.29. The Morgan fingerprint density at radius 2 is 1.60 bits per heavy atom. The van der Waals surface area contributed by atoms with Gasteiger partial charge in [0.2, 0.25) is 0 Å². The first-order valence-electron chi connectivity index (χ1n) is 4.68. The summed E-state index contributed by atoms with van der Waals surface area (Å²) in [6.45, 7) is 0.597. The average molecular weight is 208 g/mol. The minimum Gasteiger partial charge on any atom is -0.497 e. The Kier molecular flexibility index (Phi) is 4.71. The van der Waals surface area contributed by atoms with Crippen molar-refractivity contribution in [2.75, 3.05) is 27.9 Å². The predicted molar refractivity (Wildman–Crippen MR) is 60.5 cm³/mol. The second-order valence-electron chi connectivity index (χ2n) is 3.00. The van der Waals surface area contributed by atoms with E-state index in [-0.39, 0.29) is 0 Å². The van der Waals surface area contributed by atoms with E-state index in [1.54, 1.807) is 21.3 Å². The first kappa shape index (κ1) is 11.6. The van der Waals surface area contributed by atoms with Gasteiger partial charge in [0.25, 0.3) is 0 Å². The lowest BCUT2D eigenvalue weighted by Crippen LogP contribution is -1.88. The van der Waals surface area contributed by atoms with Crippen molar-refractivity contribution in [1.29, 1.82) is 0 Å². The fraction of sp³-hybridized carbons (Fsp3) is 0.333. The standard InChI is InChI=1S/C12H16O3/c1-13-6-4-5-10-7-11(14-2)9-12(8-10)15-3/h4-5,7-9H,6H2,1-3H3/b5-4+. The third kappa shape index (κ3) is 3.64. The largest absolute Gasteiger partial charge is 0.497 e. The van der Waals surface area contributed by atoms with Crippen LogP contribution in [0.1, 0.15) is 5.56 Å². The van der Waals surface area contributed by atoms with Crippen LogP contribution in [0, 0.1) is 0 Å². The van der Waals surface area contributed by atoms with Crippen molar-refractivity contribution in [3.63, 3.8) is 0 Å². The Balaban J connectivity index is 2.86. The zero-order valence-electron chi connectivity index (χ0n) is 9.32. The van der Waals surface area contributed by atoms with Crippen LogP contribution in [-0.4, -0.2) is 27.9 Å². The van der Waals surface area contributed by atoms with Gasteiger partial charge >= 0.3 is 0 Å². The van der Waals surface area contributed by atoms with Gasteiger partial charge in [0.15, 0.2) is 0 Å². The maximum atomic E-state index is 5.16. The molecule has 0 aromatic heterocycles. The van der Waals surface area contributed by atoms with E-state index in [4.69, 9.17) is 14.2 Å². The summed E-state index contributed by atoms with van der Waals surface area (Å²) < 4.78 is 15.2. The lowest BCUT2D eigenvalue weighted by molar-refractivity contribution is 0.234. The maximum absolute atomic E-state index is 5.16. The highest BCUT2D eigenvalue weighted by molar-refractivity contribution is 5.55. The Labute approximate surface area is 90.3 Å². The molecule has 15 heavy (non-hydrogen) atoms. The predicted octanol–water partition coefficient (Wildman–Crippen LogP) is 2.36. The third-order valence-corrected chi connectivity index (χ3v) is 1.95. The summed E-state index contributed by atoms with van der Waals surface area (Å²) in [5, 5.41) is 0. The summed E-state index contributed by atoms with van der Waals surface area (Å²) in [7, 11) is 4.94. The number of hydrogen-bond acceptors (Lipinski definition) is 3. The van der Waals surface area contributed by atoms with Crippen LogP contribution < -0.4 is 9.47 Å². The summed E-state index contributed by atoms with van der Waals surface area (Å²) in [5.41, 5.74) is 1.03. The second kappa shape index (κ2) is 6.09. The zero-order valence-corrected chi connectivity index (χ0v) is 9.32. The highest BCUT2D eigenvalue weighted by atomic mass is 16.5. The summed E-state index contributed by atoms with van der Waals surface area (Å²) in [4.78, 5) is 0. The molecule has 0 aliphatic carbocycles. The molecule has 0 unspecified atom stereocenters. The van der Waals surface area contributed by atoms with Gasteiger partial charge in [-0.3, -0.25) is 0 Å². The van der Waals surface area contributed by atoms with E-state index in [1.807, 2.05) is 30.4 Å². The molecule has 3 heteroatoms. The number of benzene rings is 1. The quantitative estimate of drug-likeness (QED) is 0.743. The smallest absolute Gasteiger partial charge is 0.123 e. The van der Waals surface area contributed by atoms with Crippen LogP contribution in [0.4, 0.5) is 0 Å². The van der Waals surface area contributed by atoms with E-state index in [9.17, 15) is 0 Å². The molecule has 0 bridgehead atoms. The number of ether oxygens (including phenoxy) is 3. The molecule has 1 rings (SSSR count). The van der Waals surface area contributed by atoms with Crippen molar-refractivity contribution in [3.05, 3.63) is 29.8 Å². The van der Waals surface area contributed by atoms with E-state index in [2.05, 4.69) is 0 Å². The fourth-order valence-corrected chi connectivity index (χ4v) is 1.21. The summed E-state index contributed by atoms with van der Waals surface area (Å²) >= 11 is 0. The zero-order chi connectivity index (χ0) is 11.1. The number of rotatable bonds is 5. The van der Waals surface area contributed by atoms with Gasteiger partial charge in [-0.1, -0.05) is 12.2 Å². The number of hydrogen-bond donors (Lipinski definition) is 0. The van der Waals surface area contributed by atoms with E-state index >= 15 is 0 Å². The molecule has 0 fully saturated rings. The fourth-order valence-electron chi connectivity index (χ4n) is 1.21.